The van der Waals surface area contributed by atoms with Crippen LogP contribution in [-0.2, 0) is 14.9 Å². The highest BCUT2D eigenvalue weighted by Gasteiger charge is 2.34. The number of aliphatic imine (C=N–C) groups is 1. The highest BCUT2D eigenvalue weighted by atomic mass is 19.1. The lowest BCUT2D eigenvalue weighted by molar-refractivity contribution is 0.0512. The molecule has 1 fully saturated rings. The van der Waals surface area contributed by atoms with Gasteiger partial charge in [-0.25, -0.2) is 4.39 Å². The maximum Gasteiger partial charge on any atom is 0.191 e. The monoisotopic (exact) mass is 323 g/mol. The van der Waals surface area contributed by atoms with Crippen molar-refractivity contribution in [1.82, 2.24) is 10.6 Å². The summed E-state index contributed by atoms with van der Waals surface area (Å²) in [6.07, 6.45) is 1.72. The van der Waals surface area contributed by atoms with Crippen molar-refractivity contribution in [1.29, 1.82) is 0 Å². The minimum atomic E-state index is -0.198. The van der Waals surface area contributed by atoms with Gasteiger partial charge < -0.3 is 20.1 Å². The normalized spacial score (nSPS) is 17.8. The van der Waals surface area contributed by atoms with Gasteiger partial charge in [0, 0.05) is 45.9 Å². The van der Waals surface area contributed by atoms with Gasteiger partial charge in [0.25, 0.3) is 0 Å². The first kappa shape index (κ1) is 17.7. The summed E-state index contributed by atoms with van der Waals surface area (Å²) in [6.45, 7) is 3.37. The number of nitrogens with zero attached hydrogens (tertiary/aromatic N) is 1. The Bertz CT molecular complexity index is 516. The molecule has 0 unspecified atom stereocenters. The first-order valence-electron chi connectivity index (χ1n) is 7.97. The Morgan fingerprint density at radius 3 is 2.78 bits per heavy atom. The average Bonchev–Trinajstić information content (AvgIpc) is 2.59. The van der Waals surface area contributed by atoms with Crippen molar-refractivity contribution < 1.29 is 13.9 Å². The molecule has 0 aliphatic carbocycles. The molecule has 1 aliphatic rings. The van der Waals surface area contributed by atoms with E-state index in [4.69, 9.17) is 9.47 Å². The zero-order valence-corrected chi connectivity index (χ0v) is 13.9. The van der Waals surface area contributed by atoms with Gasteiger partial charge in [-0.2, -0.15) is 0 Å². The van der Waals surface area contributed by atoms with Crippen molar-refractivity contribution >= 4 is 5.96 Å². The smallest absolute Gasteiger partial charge is 0.191 e. The topological polar surface area (TPSA) is 54.9 Å². The minimum absolute atomic E-state index is 0.140. The molecule has 0 spiro atoms. The zero-order valence-electron chi connectivity index (χ0n) is 13.9. The summed E-state index contributed by atoms with van der Waals surface area (Å²) < 4.78 is 24.2. The highest BCUT2D eigenvalue weighted by Crippen LogP contribution is 2.34. The maximum absolute atomic E-state index is 13.7. The van der Waals surface area contributed by atoms with E-state index in [-0.39, 0.29) is 11.2 Å². The number of guanidine groups is 1. The molecule has 5 nitrogen and oxygen atoms in total. The molecular formula is C17H26FN3O2. The summed E-state index contributed by atoms with van der Waals surface area (Å²) in [6, 6.07) is 6.88. The maximum atomic E-state index is 13.7. The van der Waals surface area contributed by atoms with Crippen LogP contribution in [0.3, 0.4) is 0 Å². The second kappa shape index (κ2) is 8.84. The molecule has 2 rings (SSSR count). The van der Waals surface area contributed by atoms with Crippen LogP contribution in [0.4, 0.5) is 4.39 Å². The Morgan fingerprint density at radius 2 is 2.13 bits per heavy atom. The van der Waals surface area contributed by atoms with Crippen molar-refractivity contribution in [3.63, 3.8) is 0 Å². The molecule has 6 heteroatoms. The van der Waals surface area contributed by atoms with Crippen LogP contribution in [0.1, 0.15) is 18.4 Å². The van der Waals surface area contributed by atoms with Crippen molar-refractivity contribution in [2.45, 2.75) is 18.3 Å². The van der Waals surface area contributed by atoms with E-state index in [1.54, 1.807) is 26.3 Å². The highest BCUT2D eigenvalue weighted by molar-refractivity contribution is 5.79. The number of nitrogens with one attached hydrogen (secondary N) is 2. The molecule has 0 saturated carbocycles. The molecule has 23 heavy (non-hydrogen) atoms. The molecule has 1 heterocycles. The van der Waals surface area contributed by atoms with Crippen LogP contribution in [0, 0.1) is 5.82 Å². The second-order valence-electron chi connectivity index (χ2n) is 5.75. The molecule has 0 bridgehead atoms. The number of halogens is 1. The van der Waals surface area contributed by atoms with E-state index in [0.717, 1.165) is 24.4 Å². The molecule has 128 valence electrons. The number of ether oxygens (including phenoxy) is 2. The molecule has 0 amide bonds. The van der Waals surface area contributed by atoms with Gasteiger partial charge in [0.2, 0.25) is 0 Å². The van der Waals surface area contributed by atoms with Crippen LogP contribution >= 0.6 is 0 Å². The molecule has 0 radical (unpaired) electrons. The molecule has 0 aromatic heterocycles. The fourth-order valence-electron chi connectivity index (χ4n) is 2.89. The summed E-state index contributed by atoms with van der Waals surface area (Å²) in [5, 5.41) is 6.56. The Hall–Kier alpha value is -1.66. The molecule has 0 atom stereocenters. The molecule has 2 N–H and O–H groups in total. The third-order valence-corrected chi connectivity index (χ3v) is 4.30. The van der Waals surface area contributed by atoms with E-state index in [2.05, 4.69) is 15.6 Å². The van der Waals surface area contributed by atoms with Crippen LogP contribution in [-0.4, -0.2) is 53.0 Å². The Kier molecular flexibility index (Phi) is 6.80. The minimum Gasteiger partial charge on any atom is -0.383 e. The van der Waals surface area contributed by atoms with Crippen molar-refractivity contribution in [3.05, 3.63) is 35.6 Å². The predicted octanol–water partition coefficient (Wildman–Crippen LogP) is 1.69. The van der Waals surface area contributed by atoms with Gasteiger partial charge in [-0.1, -0.05) is 12.1 Å². The number of hydrogen-bond donors (Lipinski definition) is 2. The summed E-state index contributed by atoms with van der Waals surface area (Å²) >= 11 is 0. The first-order valence-corrected chi connectivity index (χ1v) is 7.97. The van der Waals surface area contributed by atoms with Crippen LogP contribution in [0.5, 0.6) is 0 Å². The largest absolute Gasteiger partial charge is 0.383 e. The fraction of sp³-hybridized carbons (Fsp3) is 0.588. The van der Waals surface area contributed by atoms with Crippen molar-refractivity contribution in [2.24, 2.45) is 4.99 Å². The number of hydrogen-bond acceptors (Lipinski definition) is 3. The van der Waals surface area contributed by atoms with Gasteiger partial charge in [-0.05, 0) is 30.5 Å². The lowest BCUT2D eigenvalue weighted by Crippen LogP contribution is -2.48. The van der Waals surface area contributed by atoms with Gasteiger partial charge in [-0.3, -0.25) is 4.99 Å². The zero-order chi connectivity index (χ0) is 16.5. The Balaban J connectivity index is 2.07. The number of benzene rings is 1. The van der Waals surface area contributed by atoms with Crippen LogP contribution in [0.2, 0.25) is 0 Å². The van der Waals surface area contributed by atoms with Gasteiger partial charge in [0.1, 0.15) is 5.82 Å². The Labute approximate surface area is 137 Å². The second-order valence-corrected chi connectivity index (χ2v) is 5.75. The van der Waals surface area contributed by atoms with E-state index >= 15 is 0 Å². The van der Waals surface area contributed by atoms with Crippen molar-refractivity contribution in [3.8, 4) is 0 Å². The Morgan fingerprint density at radius 1 is 1.35 bits per heavy atom. The van der Waals surface area contributed by atoms with E-state index in [9.17, 15) is 4.39 Å². The van der Waals surface area contributed by atoms with Gasteiger partial charge in [0.15, 0.2) is 5.96 Å². The SMILES string of the molecule is CN=C(NCCOC)NCC1(c2cccc(F)c2)CCOCC1. The number of methoxy groups -OCH3 is 1. The van der Waals surface area contributed by atoms with E-state index in [1.807, 2.05) is 6.07 Å². The first-order chi connectivity index (χ1) is 11.2. The summed E-state index contributed by atoms with van der Waals surface area (Å²) in [7, 11) is 3.40. The van der Waals surface area contributed by atoms with Crippen LogP contribution in [0.15, 0.2) is 29.3 Å². The third kappa shape index (κ3) is 4.91. The standard InChI is InChI=1S/C17H26FN3O2/c1-19-16(20-8-11-22-2)21-13-17(6-9-23-10-7-17)14-4-3-5-15(18)12-14/h3-5,12H,6-11,13H2,1-2H3,(H2,19,20,21). The predicted molar refractivity (Wildman–Crippen MR) is 89.4 cm³/mol. The summed E-state index contributed by atoms with van der Waals surface area (Å²) in [5.74, 6) is 0.528. The molecular weight excluding hydrogens is 297 g/mol. The van der Waals surface area contributed by atoms with E-state index < -0.39 is 0 Å². The van der Waals surface area contributed by atoms with E-state index in [0.29, 0.717) is 32.9 Å². The van der Waals surface area contributed by atoms with Crippen molar-refractivity contribution in [2.75, 3.05) is 47.1 Å². The molecule has 1 aromatic rings. The van der Waals surface area contributed by atoms with E-state index in [1.165, 1.54) is 6.07 Å². The van der Waals surface area contributed by atoms with Gasteiger partial charge >= 0.3 is 0 Å². The molecule has 1 aliphatic heterocycles. The fourth-order valence-corrected chi connectivity index (χ4v) is 2.89. The average molecular weight is 323 g/mol. The quantitative estimate of drug-likeness (QED) is 0.475. The lowest BCUT2D eigenvalue weighted by atomic mass is 9.74. The van der Waals surface area contributed by atoms with Crippen LogP contribution < -0.4 is 10.6 Å². The molecule has 1 aromatic carbocycles. The lowest BCUT2D eigenvalue weighted by Gasteiger charge is -2.38. The van der Waals surface area contributed by atoms with Gasteiger partial charge in [0.05, 0.1) is 6.61 Å². The molecule has 1 saturated heterocycles. The van der Waals surface area contributed by atoms with Crippen LogP contribution in [0.25, 0.3) is 0 Å². The third-order valence-electron chi connectivity index (χ3n) is 4.30. The van der Waals surface area contributed by atoms with Gasteiger partial charge in [-0.15, -0.1) is 0 Å². The summed E-state index contributed by atoms with van der Waals surface area (Å²) in [4.78, 5) is 4.22. The number of rotatable bonds is 6. The summed E-state index contributed by atoms with van der Waals surface area (Å²) in [5.41, 5.74) is 0.875.